The second-order valence-electron chi connectivity index (χ2n) is 3.70. The second kappa shape index (κ2) is 7.94. The largest absolute Gasteiger partial charge is 0.450 e. The van der Waals surface area contributed by atoms with Gasteiger partial charge in [-0.2, -0.15) is 0 Å². The summed E-state index contributed by atoms with van der Waals surface area (Å²) >= 11 is 22.7. The van der Waals surface area contributed by atoms with Crippen molar-refractivity contribution in [2.45, 2.75) is 16.9 Å². The molecule has 0 spiro atoms. The molecule has 1 aromatic rings. The number of alkyl halides is 3. The third-order valence-electron chi connectivity index (χ3n) is 2.13. The van der Waals surface area contributed by atoms with Gasteiger partial charge < -0.3 is 9.47 Å². The lowest BCUT2D eigenvalue weighted by molar-refractivity contribution is 0.0219. The number of carbonyl (C=O) groups is 2. The molecular weight excluding hydrogens is 364 g/mol. The molecule has 9 heteroatoms. The van der Waals surface area contributed by atoms with Crippen LogP contribution in [0.1, 0.15) is 17.3 Å². The predicted octanol–water partition coefficient (Wildman–Crippen LogP) is 3.94. The number of benzene rings is 1. The van der Waals surface area contributed by atoms with Crippen molar-refractivity contribution in [1.29, 1.82) is 0 Å². The van der Waals surface area contributed by atoms with Gasteiger partial charge in [-0.25, -0.2) is 9.59 Å². The lowest BCUT2D eigenvalue weighted by Gasteiger charge is -2.24. The van der Waals surface area contributed by atoms with Gasteiger partial charge in [0.2, 0.25) is 10.0 Å². The Morgan fingerprint density at radius 3 is 2.29 bits per heavy atom. The lowest BCUT2D eigenvalue weighted by Crippen LogP contribution is -2.47. The van der Waals surface area contributed by atoms with Crippen LogP contribution < -0.4 is 5.32 Å². The highest BCUT2D eigenvalue weighted by Crippen LogP contribution is 2.31. The van der Waals surface area contributed by atoms with E-state index in [1.54, 1.807) is 6.92 Å². The molecule has 0 heterocycles. The average Bonchev–Trinajstić information content (AvgIpc) is 2.37. The number of esters is 1. The fraction of sp³-hybridized carbons (Fsp3) is 0.333. The molecule has 5 nitrogen and oxygen atoms in total. The predicted molar refractivity (Wildman–Crippen MR) is 81.1 cm³/mol. The van der Waals surface area contributed by atoms with Crippen LogP contribution in [0.15, 0.2) is 24.3 Å². The zero-order chi connectivity index (χ0) is 16.0. The molecular formula is C12H11Cl4NO4. The van der Waals surface area contributed by atoms with E-state index in [1.807, 2.05) is 0 Å². The van der Waals surface area contributed by atoms with Gasteiger partial charge in [-0.1, -0.05) is 46.4 Å². The summed E-state index contributed by atoms with van der Waals surface area (Å²) in [5, 5.41) is 2.60. The first kappa shape index (κ1) is 18.2. The van der Waals surface area contributed by atoms with E-state index >= 15 is 0 Å². The van der Waals surface area contributed by atoms with Crippen LogP contribution in [0.2, 0.25) is 5.02 Å². The maximum atomic E-state index is 11.9. The van der Waals surface area contributed by atoms with E-state index in [9.17, 15) is 9.59 Å². The molecule has 1 N–H and O–H groups in total. The number of nitrogens with one attached hydrogen (secondary N) is 1. The number of halogens is 4. The highest BCUT2D eigenvalue weighted by atomic mass is 35.6. The molecule has 0 aromatic heterocycles. The number of hydrogen-bond acceptors (Lipinski definition) is 4. The third kappa shape index (κ3) is 6.18. The Morgan fingerprint density at radius 2 is 1.81 bits per heavy atom. The number of hydrogen-bond donors (Lipinski definition) is 1. The third-order valence-corrected chi connectivity index (χ3v) is 2.97. The molecule has 0 saturated heterocycles. The van der Waals surface area contributed by atoms with Gasteiger partial charge >= 0.3 is 12.1 Å². The number of rotatable bonds is 4. The van der Waals surface area contributed by atoms with Crippen LogP contribution in [-0.2, 0) is 9.47 Å². The van der Waals surface area contributed by atoms with Crippen LogP contribution in [-0.4, -0.2) is 28.7 Å². The van der Waals surface area contributed by atoms with Crippen molar-refractivity contribution >= 4 is 58.5 Å². The minimum absolute atomic E-state index is 0.115. The van der Waals surface area contributed by atoms with Gasteiger partial charge in [-0.15, -0.1) is 0 Å². The number of carbonyl (C=O) groups excluding carboxylic acids is 2. The highest BCUT2D eigenvalue weighted by Gasteiger charge is 2.38. The van der Waals surface area contributed by atoms with E-state index in [-0.39, 0.29) is 12.2 Å². The fourth-order valence-electron chi connectivity index (χ4n) is 1.22. The van der Waals surface area contributed by atoms with E-state index in [0.29, 0.717) is 5.02 Å². The molecule has 0 aliphatic carbocycles. The Balaban J connectivity index is 2.79. The summed E-state index contributed by atoms with van der Waals surface area (Å²) in [5.74, 6) is -0.792. The van der Waals surface area contributed by atoms with Crippen LogP contribution in [0.3, 0.4) is 0 Å². The lowest BCUT2D eigenvalue weighted by atomic mass is 10.2. The highest BCUT2D eigenvalue weighted by molar-refractivity contribution is 6.68. The number of amides is 1. The molecule has 1 aromatic carbocycles. The molecule has 0 saturated carbocycles. The zero-order valence-electron chi connectivity index (χ0n) is 10.7. The van der Waals surface area contributed by atoms with Crippen LogP contribution >= 0.6 is 46.4 Å². The van der Waals surface area contributed by atoms with Crippen molar-refractivity contribution in [2.75, 3.05) is 6.61 Å². The van der Waals surface area contributed by atoms with Crippen molar-refractivity contribution in [3.63, 3.8) is 0 Å². The van der Waals surface area contributed by atoms with Gasteiger partial charge in [0.1, 0.15) is 0 Å². The summed E-state index contributed by atoms with van der Waals surface area (Å²) < 4.78 is 7.54. The van der Waals surface area contributed by atoms with Gasteiger partial charge in [-0.05, 0) is 31.2 Å². The molecule has 1 amide bonds. The maximum Gasteiger partial charge on any atom is 0.410 e. The van der Waals surface area contributed by atoms with E-state index < -0.39 is 22.1 Å². The van der Waals surface area contributed by atoms with E-state index in [2.05, 4.69) is 10.1 Å². The van der Waals surface area contributed by atoms with Crippen molar-refractivity contribution < 1.29 is 19.1 Å². The smallest absolute Gasteiger partial charge is 0.410 e. The summed E-state index contributed by atoms with van der Waals surface area (Å²) in [7, 11) is 0. The summed E-state index contributed by atoms with van der Waals surface area (Å²) in [4.78, 5) is 23.3. The molecule has 21 heavy (non-hydrogen) atoms. The fourth-order valence-corrected chi connectivity index (χ4v) is 1.64. The van der Waals surface area contributed by atoms with Crippen molar-refractivity contribution in [2.24, 2.45) is 0 Å². The first-order valence-corrected chi connectivity index (χ1v) is 7.21. The van der Waals surface area contributed by atoms with E-state index in [0.717, 1.165) is 0 Å². The van der Waals surface area contributed by atoms with Crippen molar-refractivity contribution in [3.8, 4) is 0 Å². The molecule has 0 unspecified atom stereocenters. The minimum atomic E-state index is -2.06. The molecule has 0 aliphatic heterocycles. The quantitative estimate of drug-likeness (QED) is 0.492. The monoisotopic (exact) mass is 373 g/mol. The normalized spacial score (nSPS) is 12.4. The van der Waals surface area contributed by atoms with E-state index in [1.165, 1.54) is 24.3 Å². The Hall–Kier alpha value is -0.880. The summed E-state index contributed by atoms with van der Waals surface area (Å²) in [5.41, 5.74) is 0.185. The SMILES string of the molecule is CCOC(=O)N[C@@H](OC(=O)c1ccc(Cl)cc1)C(Cl)(Cl)Cl. The van der Waals surface area contributed by atoms with Crippen molar-refractivity contribution in [3.05, 3.63) is 34.9 Å². The molecule has 0 fully saturated rings. The molecule has 1 atom stereocenters. The minimum Gasteiger partial charge on any atom is -0.450 e. The summed E-state index contributed by atoms with van der Waals surface area (Å²) in [6.45, 7) is 1.72. The number of ether oxygens (including phenoxy) is 2. The Bertz CT molecular complexity index is 501. The molecule has 1 rings (SSSR count). The second-order valence-corrected chi connectivity index (χ2v) is 6.50. The summed E-state index contributed by atoms with van der Waals surface area (Å²) in [6.07, 6.45) is -2.39. The van der Waals surface area contributed by atoms with Gasteiger partial charge in [0.15, 0.2) is 0 Å². The maximum absolute atomic E-state index is 11.9. The molecule has 116 valence electrons. The van der Waals surface area contributed by atoms with Gasteiger partial charge in [0, 0.05) is 5.02 Å². The topological polar surface area (TPSA) is 64.6 Å². The molecule has 0 aliphatic rings. The Morgan fingerprint density at radius 1 is 1.24 bits per heavy atom. The molecule has 0 bridgehead atoms. The standard InChI is InChI=1S/C12H11Cl4NO4/c1-2-20-11(19)17-10(12(14,15)16)21-9(18)7-3-5-8(13)6-4-7/h3-6,10H,2H2,1H3,(H,17,19)/t10-/m0/s1. The van der Waals surface area contributed by atoms with E-state index in [4.69, 9.17) is 51.1 Å². The average molecular weight is 375 g/mol. The molecule has 0 radical (unpaired) electrons. The van der Waals surface area contributed by atoms with Crippen LogP contribution in [0.25, 0.3) is 0 Å². The van der Waals surface area contributed by atoms with Crippen LogP contribution in [0.4, 0.5) is 4.79 Å². The number of alkyl carbamates (subject to hydrolysis) is 1. The summed E-state index contributed by atoms with van der Waals surface area (Å²) in [6, 6.07) is 5.87. The Labute approximate surface area is 141 Å². The first-order valence-electron chi connectivity index (χ1n) is 5.70. The van der Waals surface area contributed by atoms with Crippen molar-refractivity contribution in [1.82, 2.24) is 5.32 Å². The van der Waals surface area contributed by atoms with Gasteiger partial charge in [0.05, 0.1) is 12.2 Å². The van der Waals surface area contributed by atoms with Gasteiger partial charge in [0.25, 0.3) is 0 Å². The van der Waals surface area contributed by atoms with Crippen LogP contribution in [0.5, 0.6) is 0 Å². The first-order chi connectivity index (χ1) is 9.74. The van der Waals surface area contributed by atoms with Gasteiger partial charge in [-0.3, -0.25) is 5.32 Å². The Kier molecular flexibility index (Phi) is 6.87. The zero-order valence-corrected chi connectivity index (χ0v) is 13.8. The van der Waals surface area contributed by atoms with Crippen LogP contribution in [0, 0.1) is 0 Å².